The number of rotatable bonds is 6. The molecule has 0 N–H and O–H groups in total. The van der Waals surface area contributed by atoms with Crippen LogP contribution in [-0.2, 0) is 11.3 Å². The van der Waals surface area contributed by atoms with Gasteiger partial charge in [0.25, 0.3) is 17.5 Å². The van der Waals surface area contributed by atoms with Crippen molar-refractivity contribution in [3.63, 3.8) is 0 Å². The fourth-order valence-electron chi connectivity index (χ4n) is 5.57. The van der Waals surface area contributed by atoms with Crippen LogP contribution < -0.4 is 9.80 Å². The Balaban J connectivity index is 1.14. The molecule has 0 atom stereocenters. The average Bonchev–Trinajstić information content (AvgIpc) is 3.04. The van der Waals surface area contributed by atoms with Crippen LogP contribution in [0.3, 0.4) is 0 Å². The Kier molecular flexibility index (Phi) is 8.21. The SMILES string of the molecule is Cc1ccc(C)c(CN2C(=O)/C(=C/c3ccc(C(=O)N4CCN(c5ccc([N+](=O)[O-])cc5)CC4)cc3)Sc3ccccc32)c1. The van der Waals surface area contributed by atoms with E-state index in [1.807, 2.05) is 64.4 Å². The number of hydrogen-bond donors (Lipinski definition) is 0. The average molecular weight is 605 g/mol. The number of para-hydroxylation sites is 1. The molecule has 0 aliphatic carbocycles. The molecule has 2 amide bonds. The molecule has 6 rings (SSSR count). The summed E-state index contributed by atoms with van der Waals surface area (Å²) in [6, 6.07) is 28.2. The number of non-ortho nitro benzene ring substituents is 1. The van der Waals surface area contributed by atoms with Crippen LogP contribution >= 0.6 is 11.8 Å². The van der Waals surface area contributed by atoms with Gasteiger partial charge < -0.3 is 14.7 Å². The van der Waals surface area contributed by atoms with Gasteiger partial charge in [0, 0.05) is 54.5 Å². The third-order valence-electron chi connectivity index (χ3n) is 8.11. The maximum Gasteiger partial charge on any atom is 0.269 e. The lowest BCUT2D eigenvalue weighted by Crippen LogP contribution is -2.48. The molecule has 8 nitrogen and oxygen atoms in total. The van der Waals surface area contributed by atoms with E-state index in [4.69, 9.17) is 0 Å². The zero-order chi connectivity index (χ0) is 30.8. The van der Waals surface area contributed by atoms with E-state index < -0.39 is 4.92 Å². The number of piperazine rings is 1. The third-order valence-corrected chi connectivity index (χ3v) is 9.19. The highest BCUT2D eigenvalue weighted by atomic mass is 32.2. The fourth-order valence-corrected chi connectivity index (χ4v) is 6.63. The minimum atomic E-state index is -0.408. The summed E-state index contributed by atoms with van der Waals surface area (Å²) in [4.78, 5) is 45.1. The van der Waals surface area contributed by atoms with Crippen LogP contribution in [0.1, 0.15) is 32.6 Å². The molecule has 1 saturated heterocycles. The van der Waals surface area contributed by atoms with Gasteiger partial charge in [-0.15, -0.1) is 0 Å². The number of nitro groups is 1. The fraction of sp³-hybridized carbons (Fsp3) is 0.200. The maximum atomic E-state index is 13.8. The van der Waals surface area contributed by atoms with E-state index in [9.17, 15) is 19.7 Å². The van der Waals surface area contributed by atoms with Crippen molar-refractivity contribution >= 4 is 46.7 Å². The van der Waals surface area contributed by atoms with Crippen LogP contribution in [-0.4, -0.2) is 47.8 Å². The highest BCUT2D eigenvalue weighted by molar-refractivity contribution is 8.04. The van der Waals surface area contributed by atoms with Gasteiger partial charge >= 0.3 is 0 Å². The second kappa shape index (κ2) is 12.4. The smallest absolute Gasteiger partial charge is 0.269 e. The molecule has 0 unspecified atom stereocenters. The quantitative estimate of drug-likeness (QED) is 0.136. The van der Waals surface area contributed by atoms with E-state index in [0.717, 1.165) is 38.5 Å². The monoisotopic (exact) mass is 604 g/mol. The number of nitrogens with zero attached hydrogens (tertiary/aromatic N) is 4. The van der Waals surface area contributed by atoms with Crippen molar-refractivity contribution in [2.45, 2.75) is 25.3 Å². The molecule has 222 valence electrons. The van der Waals surface area contributed by atoms with E-state index in [1.54, 1.807) is 12.1 Å². The molecule has 2 aliphatic heterocycles. The molecule has 1 fully saturated rings. The molecular formula is C35H32N4O4S. The highest BCUT2D eigenvalue weighted by Gasteiger charge is 2.29. The molecule has 4 aromatic carbocycles. The van der Waals surface area contributed by atoms with Crippen LogP contribution in [0.4, 0.5) is 17.1 Å². The number of nitro benzene ring substituents is 1. The molecule has 2 aliphatic rings. The number of carbonyl (C=O) groups is 2. The number of thioether (sulfide) groups is 1. The Morgan fingerprint density at radius 3 is 2.32 bits per heavy atom. The Bertz CT molecular complexity index is 1760. The van der Waals surface area contributed by atoms with Gasteiger partial charge in [-0.1, -0.05) is 59.8 Å². The molecule has 0 aromatic heterocycles. The second-order valence-electron chi connectivity index (χ2n) is 11.1. The number of amides is 2. The van der Waals surface area contributed by atoms with Crippen LogP contribution in [0, 0.1) is 24.0 Å². The van der Waals surface area contributed by atoms with Gasteiger partial charge in [-0.2, -0.15) is 0 Å². The first-order valence-electron chi connectivity index (χ1n) is 14.5. The summed E-state index contributed by atoms with van der Waals surface area (Å²) in [6.07, 6.45) is 1.90. The summed E-state index contributed by atoms with van der Waals surface area (Å²) in [6.45, 7) is 7.03. The summed E-state index contributed by atoms with van der Waals surface area (Å²) in [5.41, 5.74) is 6.77. The van der Waals surface area contributed by atoms with Crippen LogP contribution in [0.5, 0.6) is 0 Å². The first-order valence-corrected chi connectivity index (χ1v) is 15.3. The number of benzene rings is 4. The summed E-state index contributed by atoms with van der Waals surface area (Å²) in [5, 5.41) is 10.9. The lowest BCUT2D eigenvalue weighted by Gasteiger charge is -2.36. The van der Waals surface area contributed by atoms with Crippen molar-refractivity contribution in [3.05, 3.63) is 134 Å². The predicted octanol–water partition coefficient (Wildman–Crippen LogP) is 6.85. The molecule has 2 heterocycles. The predicted molar refractivity (Wildman–Crippen MR) is 175 cm³/mol. The van der Waals surface area contributed by atoms with Crippen LogP contribution in [0.25, 0.3) is 6.08 Å². The Morgan fingerprint density at radius 2 is 1.61 bits per heavy atom. The standard InChI is InChI=1S/C35H32N4O4S/c1-24-7-8-25(2)28(21-24)23-38-31-5-3-4-6-32(31)44-33(35(38)41)22-26-9-11-27(12-10-26)34(40)37-19-17-36(18-20-37)29-13-15-30(16-14-29)39(42)43/h3-16,21-22H,17-20,23H2,1-2H3/b33-22-. The Hall–Kier alpha value is -4.89. The molecule has 0 bridgehead atoms. The van der Waals surface area contributed by atoms with Crippen LogP contribution in [0.2, 0.25) is 0 Å². The maximum absolute atomic E-state index is 13.8. The van der Waals surface area contributed by atoms with E-state index >= 15 is 0 Å². The van der Waals surface area contributed by atoms with Crippen molar-refractivity contribution < 1.29 is 14.5 Å². The van der Waals surface area contributed by atoms with Crippen molar-refractivity contribution in [3.8, 4) is 0 Å². The lowest BCUT2D eigenvalue weighted by molar-refractivity contribution is -0.384. The van der Waals surface area contributed by atoms with Gasteiger partial charge in [-0.3, -0.25) is 19.7 Å². The van der Waals surface area contributed by atoms with Gasteiger partial charge in [0.05, 0.1) is 22.1 Å². The molecular weight excluding hydrogens is 572 g/mol. The van der Waals surface area contributed by atoms with Crippen molar-refractivity contribution in [2.75, 3.05) is 36.0 Å². The van der Waals surface area contributed by atoms with E-state index in [-0.39, 0.29) is 17.5 Å². The van der Waals surface area contributed by atoms with E-state index in [2.05, 4.69) is 36.9 Å². The molecule has 0 saturated carbocycles. The van der Waals surface area contributed by atoms with E-state index in [0.29, 0.717) is 43.2 Å². The summed E-state index contributed by atoms with van der Waals surface area (Å²) in [7, 11) is 0. The molecule has 0 spiro atoms. The topological polar surface area (TPSA) is 87.0 Å². The number of fused-ring (bicyclic) bond motifs is 1. The van der Waals surface area contributed by atoms with Gasteiger partial charge in [-0.05, 0) is 73.0 Å². The van der Waals surface area contributed by atoms with Crippen molar-refractivity contribution in [1.29, 1.82) is 0 Å². The van der Waals surface area contributed by atoms with Crippen LogP contribution in [0.15, 0.2) is 101 Å². The van der Waals surface area contributed by atoms with Gasteiger partial charge in [-0.25, -0.2) is 0 Å². The van der Waals surface area contributed by atoms with Gasteiger partial charge in [0.1, 0.15) is 0 Å². The normalized spacial score (nSPS) is 15.8. The minimum absolute atomic E-state index is 0.0377. The Morgan fingerprint density at radius 1 is 0.909 bits per heavy atom. The van der Waals surface area contributed by atoms with Gasteiger partial charge in [0.15, 0.2) is 0 Å². The second-order valence-corrected chi connectivity index (χ2v) is 12.2. The summed E-state index contributed by atoms with van der Waals surface area (Å²) >= 11 is 1.47. The van der Waals surface area contributed by atoms with E-state index in [1.165, 1.54) is 23.9 Å². The number of carbonyl (C=O) groups excluding carboxylic acids is 2. The number of hydrogen-bond acceptors (Lipinski definition) is 6. The zero-order valence-corrected chi connectivity index (χ0v) is 25.4. The lowest BCUT2D eigenvalue weighted by atomic mass is 10.0. The Labute approximate surface area is 260 Å². The van der Waals surface area contributed by atoms with Crippen molar-refractivity contribution in [2.24, 2.45) is 0 Å². The van der Waals surface area contributed by atoms with Crippen molar-refractivity contribution in [1.82, 2.24) is 4.90 Å². The third kappa shape index (κ3) is 6.09. The van der Waals surface area contributed by atoms with Gasteiger partial charge in [0.2, 0.25) is 0 Å². The first kappa shape index (κ1) is 29.2. The highest BCUT2D eigenvalue weighted by Crippen LogP contribution is 2.42. The zero-order valence-electron chi connectivity index (χ0n) is 24.6. The molecule has 44 heavy (non-hydrogen) atoms. The molecule has 0 radical (unpaired) electrons. The molecule has 9 heteroatoms. The largest absolute Gasteiger partial charge is 0.368 e. The number of aryl methyl sites for hydroxylation is 2. The number of anilines is 2. The summed E-state index contributed by atoms with van der Waals surface area (Å²) in [5.74, 6) is -0.0788. The minimum Gasteiger partial charge on any atom is -0.368 e. The molecule has 4 aromatic rings. The first-order chi connectivity index (χ1) is 21.3. The summed E-state index contributed by atoms with van der Waals surface area (Å²) < 4.78 is 0.